The number of thioether (sulfide) groups is 1. The van der Waals surface area contributed by atoms with Crippen LogP contribution in [0.3, 0.4) is 0 Å². The Morgan fingerprint density at radius 1 is 1.38 bits per heavy atom. The summed E-state index contributed by atoms with van der Waals surface area (Å²) in [6.45, 7) is 8.07. The summed E-state index contributed by atoms with van der Waals surface area (Å²) in [5, 5.41) is 5.64. The summed E-state index contributed by atoms with van der Waals surface area (Å²) < 4.78 is 11.6. The zero-order valence-corrected chi connectivity index (χ0v) is 15.3. The van der Waals surface area contributed by atoms with E-state index in [1.54, 1.807) is 12.2 Å². The van der Waals surface area contributed by atoms with Crippen molar-refractivity contribution in [2.75, 3.05) is 12.8 Å². The predicted molar refractivity (Wildman–Crippen MR) is 94.4 cm³/mol. The number of rotatable bonds is 5. The standard InChI is InChI=1S/C17H26N2O4S/c1-5-12-13(23-17(2,3)22-12)10-14(24-4)16(21)19-11-8-6-7-9-18-15(11)20/h5,10-13H,1,6-9H2,2-4H3,(H,18,20)(H,19,21)/b14-10-/t11-,12+,13+/m0/s1. The molecule has 0 bridgehead atoms. The van der Waals surface area contributed by atoms with Crippen molar-refractivity contribution in [1.29, 1.82) is 0 Å². The van der Waals surface area contributed by atoms with Crippen LogP contribution >= 0.6 is 11.8 Å². The minimum Gasteiger partial charge on any atom is -0.354 e. The molecular weight excluding hydrogens is 328 g/mol. The number of hydrogen-bond acceptors (Lipinski definition) is 5. The SMILES string of the molecule is C=C[C@H]1OC(C)(C)O[C@@H]1/C=C(\SC)C(=O)N[C@H]1CCCCNC1=O. The molecule has 0 aromatic heterocycles. The van der Waals surface area contributed by atoms with Crippen LogP contribution in [0.5, 0.6) is 0 Å². The van der Waals surface area contributed by atoms with Crippen molar-refractivity contribution in [3.63, 3.8) is 0 Å². The van der Waals surface area contributed by atoms with Crippen LogP contribution in [0.15, 0.2) is 23.6 Å². The van der Waals surface area contributed by atoms with Gasteiger partial charge in [0.1, 0.15) is 18.2 Å². The van der Waals surface area contributed by atoms with E-state index >= 15 is 0 Å². The van der Waals surface area contributed by atoms with Gasteiger partial charge in [0.05, 0.1) is 4.91 Å². The van der Waals surface area contributed by atoms with Crippen LogP contribution in [-0.4, -0.2) is 48.7 Å². The molecule has 0 unspecified atom stereocenters. The molecule has 0 saturated carbocycles. The molecule has 24 heavy (non-hydrogen) atoms. The Hall–Kier alpha value is -1.31. The van der Waals surface area contributed by atoms with E-state index in [0.29, 0.717) is 17.9 Å². The van der Waals surface area contributed by atoms with Gasteiger partial charge < -0.3 is 20.1 Å². The normalized spacial score (nSPS) is 30.4. The minimum atomic E-state index is -0.721. The van der Waals surface area contributed by atoms with Gasteiger partial charge in [-0.3, -0.25) is 9.59 Å². The van der Waals surface area contributed by atoms with Crippen LogP contribution in [-0.2, 0) is 19.1 Å². The van der Waals surface area contributed by atoms with E-state index in [9.17, 15) is 9.59 Å². The van der Waals surface area contributed by atoms with E-state index in [2.05, 4.69) is 17.2 Å². The second-order valence-electron chi connectivity index (χ2n) is 6.35. The minimum absolute atomic E-state index is 0.119. The summed E-state index contributed by atoms with van der Waals surface area (Å²) in [4.78, 5) is 25.0. The summed E-state index contributed by atoms with van der Waals surface area (Å²) in [5.74, 6) is -1.10. The van der Waals surface area contributed by atoms with Gasteiger partial charge in [0.25, 0.3) is 5.91 Å². The maximum atomic E-state index is 12.5. The molecule has 2 heterocycles. The van der Waals surface area contributed by atoms with E-state index in [0.717, 1.165) is 12.8 Å². The van der Waals surface area contributed by atoms with Gasteiger partial charge in [0.15, 0.2) is 5.79 Å². The summed E-state index contributed by atoms with van der Waals surface area (Å²) in [5.41, 5.74) is 0. The Labute approximate surface area is 147 Å². The Balaban J connectivity index is 2.07. The summed E-state index contributed by atoms with van der Waals surface area (Å²) in [6.07, 6.45) is 7.05. The zero-order chi connectivity index (χ0) is 17.7. The van der Waals surface area contributed by atoms with Gasteiger partial charge >= 0.3 is 0 Å². The lowest BCUT2D eigenvalue weighted by Crippen LogP contribution is -2.45. The second kappa shape index (κ2) is 8.18. The smallest absolute Gasteiger partial charge is 0.258 e. The molecule has 6 nitrogen and oxygen atoms in total. The third kappa shape index (κ3) is 4.84. The van der Waals surface area contributed by atoms with Crippen LogP contribution in [0.2, 0.25) is 0 Å². The number of ether oxygens (including phenoxy) is 2. The van der Waals surface area contributed by atoms with Gasteiger partial charge in [-0.05, 0) is 45.4 Å². The molecule has 7 heteroatoms. The molecule has 3 atom stereocenters. The van der Waals surface area contributed by atoms with Crippen molar-refractivity contribution in [3.05, 3.63) is 23.6 Å². The first-order valence-electron chi connectivity index (χ1n) is 8.19. The zero-order valence-electron chi connectivity index (χ0n) is 14.5. The monoisotopic (exact) mass is 354 g/mol. The lowest BCUT2D eigenvalue weighted by molar-refractivity contribution is -0.139. The molecule has 0 aromatic carbocycles. The number of hydrogen-bond donors (Lipinski definition) is 2. The highest BCUT2D eigenvalue weighted by molar-refractivity contribution is 8.03. The maximum Gasteiger partial charge on any atom is 0.258 e. The molecule has 2 fully saturated rings. The lowest BCUT2D eigenvalue weighted by atomic mass is 10.1. The molecule has 2 N–H and O–H groups in total. The Bertz CT molecular complexity index is 533. The first kappa shape index (κ1) is 19.0. The van der Waals surface area contributed by atoms with Crippen molar-refractivity contribution in [2.45, 2.75) is 57.1 Å². The van der Waals surface area contributed by atoms with E-state index in [4.69, 9.17) is 9.47 Å². The summed E-state index contributed by atoms with van der Waals surface area (Å²) in [6, 6.07) is -0.483. The van der Waals surface area contributed by atoms with Crippen LogP contribution in [0.1, 0.15) is 33.1 Å². The van der Waals surface area contributed by atoms with Crippen molar-refractivity contribution in [3.8, 4) is 0 Å². The van der Waals surface area contributed by atoms with Gasteiger partial charge in [-0.1, -0.05) is 6.08 Å². The number of carbonyl (C=O) groups excluding carboxylic acids is 2. The molecule has 2 rings (SSSR count). The highest BCUT2D eigenvalue weighted by Crippen LogP contribution is 2.31. The molecule has 0 aliphatic carbocycles. The maximum absolute atomic E-state index is 12.5. The van der Waals surface area contributed by atoms with E-state index < -0.39 is 11.8 Å². The van der Waals surface area contributed by atoms with Crippen LogP contribution < -0.4 is 10.6 Å². The molecule has 2 amide bonds. The van der Waals surface area contributed by atoms with Gasteiger partial charge in [0.2, 0.25) is 5.91 Å². The van der Waals surface area contributed by atoms with E-state index in [-0.39, 0.29) is 24.0 Å². The van der Waals surface area contributed by atoms with Crippen molar-refractivity contribution < 1.29 is 19.1 Å². The van der Waals surface area contributed by atoms with Gasteiger partial charge in [-0.25, -0.2) is 0 Å². The Morgan fingerprint density at radius 3 is 2.75 bits per heavy atom. The highest BCUT2D eigenvalue weighted by Gasteiger charge is 2.39. The van der Waals surface area contributed by atoms with Gasteiger partial charge in [-0.2, -0.15) is 0 Å². The van der Waals surface area contributed by atoms with E-state index in [1.807, 2.05) is 20.1 Å². The van der Waals surface area contributed by atoms with Gasteiger partial charge in [-0.15, -0.1) is 18.3 Å². The molecule has 0 aromatic rings. The van der Waals surface area contributed by atoms with Crippen LogP contribution in [0.4, 0.5) is 0 Å². The van der Waals surface area contributed by atoms with Crippen molar-refractivity contribution in [1.82, 2.24) is 10.6 Å². The number of carbonyl (C=O) groups is 2. The fraction of sp³-hybridized carbons (Fsp3) is 0.647. The molecular formula is C17H26N2O4S. The summed E-state index contributed by atoms with van der Waals surface area (Å²) >= 11 is 1.32. The van der Waals surface area contributed by atoms with Crippen LogP contribution in [0.25, 0.3) is 0 Å². The third-order valence-corrected chi connectivity index (χ3v) is 4.76. The fourth-order valence-corrected chi connectivity index (χ4v) is 3.34. The fourth-order valence-electron chi connectivity index (χ4n) is 2.82. The third-order valence-electron chi connectivity index (χ3n) is 4.00. The predicted octanol–water partition coefficient (Wildman–Crippen LogP) is 1.72. The molecule has 2 saturated heterocycles. The summed E-state index contributed by atoms with van der Waals surface area (Å²) in [7, 11) is 0. The average molecular weight is 354 g/mol. The van der Waals surface area contributed by atoms with Crippen LogP contribution in [0, 0.1) is 0 Å². The Kier molecular flexibility index (Phi) is 6.48. The first-order valence-corrected chi connectivity index (χ1v) is 9.41. The lowest BCUT2D eigenvalue weighted by Gasteiger charge is -2.17. The second-order valence-corrected chi connectivity index (χ2v) is 7.20. The topological polar surface area (TPSA) is 76.7 Å². The quantitative estimate of drug-likeness (QED) is 0.581. The Morgan fingerprint density at radius 2 is 2.08 bits per heavy atom. The van der Waals surface area contributed by atoms with Gasteiger partial charge in [0, 0.05) is 6.54 Å². The van der Waals surface area contributed by atoms with Crippen molar-refractivity contribution in [2.24, 2.45) is 0 Å². The highest BCUT2D eigenvalue weighted by atomic mass is 32.2. The molecule has 0 radical (unpaired) electrons. The molecule has 0 spiro atoms. The number of nitrogens with one attached hydrogen (secondary N) is 2. The molecule has 2 aliphatic rings. The van der Waals surface area contributed by atoms with E-state index in [1.165, 1.54) is 11.8 Å². The first-order chi connectivity index (χ1) is 11.4. The number of amides is 2. The van der Waals surface area contributed by atoms with Crippen molar-refractivity contribution >= 4 is 23.6 Å². The average Bonchev–Trinajstić information content (AvgIpc) is 2.69. The molecule has 2 aliphatic heterocycles. The molecule has 134 valence electrons. The largest absolute Gasteiger partial charge is 0.354 e.